The number of carbonyl (C=O) groups excluding carboxylic acids is 1. The molecular weight excluding hydrogens is 238 g/mol. The maximum Gasteiger partial charge on any atom is 0.236 e. The van der Waals surface area contributed by atoms with E-state index in [-0.39, 0.29) is 0 Å². The van der Waals surface area contributed by atoms with Crippen LogP contribution in [-0.2, 0) is 4.79 Å². The molecule has 2 heterocycles. The third-order valence-corrected chi connectivity index (χ3v) is 4.38. The normalized spacial score (nSPS) is 21.9. The van der Waals surface area contributed by atoms with Gasteiger partial charge in [-0.3, -0.25) is 9.69 Å². The minimum absolute atomic E-state index is 0.353. The van der Waals surface area contributed by atoms with Crippen molar-refractivity contribution in [3.63, 3.8) is 0 Å². The molecule has 0 aromatic carbocycles. The van der Waals surface area contributed by atoms with Crippen LogP contribution in [0.25, 0.3) is 0 Å². The Balaban J connectivity index is 1.85. The number of rotatable bonds is 5. The van der Waals surface area contributed by atoms with Gasteiger partial charge in [-0.25, -0.2) is 0 Å². The maximum atomic E-state index is 12.4. The first-order valence-electron chi connectivity index (χ1n) is 8.04. The molecular formula is C15H29N3O. The van der Waals surface area contributed by atoms with Crippen LogP contribution in [0.2, 0.25) is 0 Å². The van der Waals surface area contributed by atoms with Gasteiger partial charge >= 0.3 is 0 Å². The first-order chi connectivity index (χ1) is 9.31. The molecule has 2 aliphatic heterocycles. The van der Waals surface area contributed by atoms with Crippen molar-refractivity contribution in [2.45, 2.75) is 51.5 Å². The Morgan fingerprint density at radius 1 is 1.21 bits per heavy atom. The highest BCUT2D eigenvalue weighted by Gasteiger charge is 2.25. The van der Waals surface area contributed by atoms with Crippen LogP contribution in [0.1, 0.15) is 45.4 Å². The van der Waals surface area contributed by atoms with E-state index < -0.39 is 0 Å². The van der Waals surface area contributed by atoms with E-state index in [4.69, 9.17) is 0 Å². The van der Waals surface area contributed by atoms with Crippen molar-refractivity contribution in [2.75, 3.05) is 39.3 Å². The van der Waals surface area contributed by atoms with Gasteiger partial charge in [0.2, 0.25) is 5.91 Å². The van der Waals surface area contributed by atoms with E-state index in [0.29, 0.717) is 18.5 Å². The van der Waals surface area contributed by atoms with E-state index in [2.05, 4.69) is 22.0 Å². The van der Waals surface area contributed by atoms with Crippen molar-refractivity contribution in [3.8, 4) is 0 Å². The van der Waals surface area contributed by atoms with Crippen LogP contribution >= 0.6 is 0 Å². The lowest BCUT2D eigenvalue weighted by Crippen LogP contribution is -2.49. The number of hydrogen-bond acceptors (Lipinski definition) is 3. The van der Waals surface area contributed by atoms with Crippen molar-refractivity contribution in [2.24, 2.45) is 0 Å². The summed E-state index contributed by atoms with van der Waals surface area (Å²) in [6.45, 7) is 8.06. The lowest BCUT2D eigenvalue weighted by atomic mass is 10.0. The molecule has 2 fully saturated rings. The minimum atomic E-state index is 0.353. The van der Waals surface area contributed by atoms with Crippen molar-refractivity contribution < 1.29 is 4.79 Å². The van der Waals surface area contributed by atoms with Crippen LogP contribution in [0.5, 0.6) is 0 Å². The predicted molar refractivity (Wildman–Crippen MR) is 78.2 cm³/mol. The van der Waals surface area contributed by atoms with E-state index in [0.717, 1.165) is 39.1 Å². The molecule has 2 rings (SSSR count). The third-order valence-electron chi connectivity index (χ3n) is 4.38. The monoisotopic (exact) mass is 267 g/mol. The second kappa shape index (κ2) is 7.85. The molecule has 0 unspecified atom stereocenters. The van der Waals surface area contributed by atoms with E-state index in [1.807, 2.05) is 0 Å². The molecule has 2 saturated heterocycles. The van der Waals surface area contributed by atoms with Gasteiger partial charge in [-0.1, -0.05) is 6.92 Å². The van der Waals surface area contributed by atoms with Crippen molar-refractivity contribution >= 4 is 5.91 Å². The van der Waals surface area contributed by atoms with Gasteiger partial charge in [-0.2, -0.15) is 0 Å². The first-order valence-corrected chi connectivity index (χ1v) is 8.04. The largest absolute Gasteiger partial charge is 0.342 e. The molecule has 1 amide bonds. The van der Waals surface area contributed by atoms with Gasteiger partial charge in [0.25, 0.3) is 0 Å². The van der Waals surface area contributed by atoms with Crippen molar-refractivity contribution in [1.82, 2.24) is 15.1 Å². The Bertz CT molecular complexity index is 271. The number of piperidine rings is 2. The van der Waals surface area contributed by atoms with Crippen LogP contribution in [0.4, 0.5) is 0 Å². The average molecular weight is 267 g/mol. The van der Waals surface area contributed by atoms with Crippen LogP contribution in [0.15, 0.2) is 0 Å². The molecule has 110 valence electrons. The molecule has 4 nitrogen and oxygen atoms in total. The second-order valence-electron chi connectivity index (χ2n) is 5.89. The highest BCUT2D eigenvalue weighted by Crippen LogP contribution is 2.14. The fourth-order valence-electron chi connectivity index (χ4n) is 3.27. The fourth-order valence-corrected chi connectivity index (χ4v) is 3.27. The zero-order chi connectivity index (χ0) is 13.5. The predicted octanol–water partition coefficient (Wildman–Crippen LogP) is 1.46. The summed E-state index contributed by atoms with van der Waals surface area (Å²) in [5.41, 5.74) is 0. The van der Waals surface area contributed by atoms with E-state index in [1.54, 1.807) is 0 Å². The molecule has 0 spiro atoms. The SMILES string of the molecule is CCCN(CC(=O)N1CCCCC1)C1CCNCC1. The Labute approximate surface area is 117 Å². The number of amides is 1. The summed E-state index contributed by atoms with van der Waals surface area (Å²) in [4.78, 5) is 16.9. The van der Waals surface area contributed by atoms with Gasteiger partial charge in [0.05, 0.1) is 6.54 Å². The molecule has 0 aromatic rings. The molecule has 4 heteroatoms. The van der Waals surface area contributed by atoms with Crippen LogP contribution < -0.4 is 5.32 Å². The van der Waals surface area contributed by atoms with Gasteiger partial charge in [-0.05, 0) is 58.2 Å². The third kappa shape index (κ3) is 4.46. The zero-order valence-corrected chi connectivity index (χ0v) is 12.4. The first kappa shape index (κ1) is 14.8. The number of nitrogens with one attached hydrogen (secondary N) is 1. The van der Waals surface area contributed by atoms with Crippen molar-refractivity contribution in [3.05, 3.63) is 0 Å². The summed E-state index contributed by atoms with van der Waals surface area (Å²) in [6.07, 6.45) is 7.17. The summed E-state index contributed by atoms with van der Waals surface area (Å²) in [5, 5.41) is 3.41. The molecule has 1 N–H and O–H groups in total. The Kier molecular flexibility index (Phi) is 6.11. The number of hydrogen-bond donors (Lipinski definition) is 1. The molecule has 0 aromatic heterocycles. The molecule has 0 aliphatic carbocycles. The number of carbonyl (C=O) groups is 1. The van der Waals surface area contributed by atoms with Crippen LogP contribution in [-0.4, -0.2) is 61.0 Å². The molecule has 19 heavy (non-hydrogen) atoms. The zero-order valence-electron chi connectivity index (χ0n) is 12.4. The lowest BCUT2D eigenvalue weighted by molar-refractivity contribution is -0.134. The van der Waals surface area contributed by atoms with Crippen LogP contribution in [0, 0.1) is 0 Å². The second-order valence-corrected chi connectivity index (χ2v) is 5.89. The van der Waals surface area contributed by atoms with Gasteiger partial charge in [0.1, 0.15) is 0 Å². The summed E-state index contributed by atoms with van der Waals surface area (Å²) in [5.74, 6) is 0.353. The van der Waals surface area contributed by atoms with E-state index >= 15 is 0 Å². The Morgan fingerprint density at radius 3 is 2.53 bits per heavy atom. The van der Waals surface area contributed by atoms with Gasteiger partial charge < -0.3 is 10.2 Å². The van der Waals surface area contributed by atoms with E-state index in [9.17, 15) is 4.79 Å². The summed E-state index contributed by atoms with van der Waals surface area (Å²) in [7, 11) is 0. The van der Waals surface area contributed by atoms with Gasteiger partial charge in [0, 0.05) is 19.1 Å². The Hall–Kier alpha value is -0.610. The summed E-state index contributed by atoms with van der Waals surface area (Å²) in [6, 6.07) is 0.606. The summed E-state index contributed by atoms with van der Waals surface area (Å²) >= 11 is 0. The molecule has 0 bridgehead atoms. The highest BCUT2D eigenvalue weighted by molar-refractivity contribution is 5.78. The van der Waals surface area contributed by atoms with Crippen molar-refractivity contribution in [1.29, 1.82) is 0 Å². The maximum absolute atomic E-state index is 12.4. The number of likely N-dealkylation sites (tertiary alicyclic amines) is 1. The molecule has 0 atom stereocenters. The minimum Gasteiger partial charge on any atom is -0.342 e. The van der Waals surface area contributed by atoms with E-state index in [1.165, 1.54) is 32.1 Å². The highest BCUT2D eigenvalue weighted by atomic mass is 16.2. The standard InChI is InChI=1S/C15H29N3O/c1-2-10-18(14-6-8-16-9-7-14)13-15(19)17-11-4-3-5-12-17/h14,16H,2-13H2,1H3. The average Bonchev–Trinajstić information content (AvgIpc) is 2.48. The van der Waals surface area contributed by atoms with Crippen LogP contribution in [0.3, 0.4) is 0 Å². The molecule has 0 radical (unpaired) electrons. The lowest BCUT2D eigenvalue weighted by Gasteiger charge is -2.36. The number of nitrogens with zero attached hydrogens (tertiary/aromatic N) is 2. The van der Waals surface area contributed by atoms with Gasteiger partial charge in [0.15, 0.2) is 0 Å². The quantitative estimate of drug-likeness (QED) is 0.819. The molecule has 2 aliphatic rings. The fraction of sp³-hybridized carbons (Fsp3) is 0.933. The topological polar surface area (TPSA) is 35.6 Å². The Morgan fingerprint density at radius 2 is 1.89 bits per heavy atom. The smallest absolute Gasteiger partial charge is 0.236 e. The molecule has 0 saturated carbocycles. The summed E-state index contributed by atoms with van der Waals surface area (Å²) < 4.78 is 0. The van der Waals surface area contributed by atoms with Gasteiger partial charge in [-0.15, -0.1) is 0 Å².